The molecule has 1 fully saturated rings. The number of likely N-dealkylation sites (tertiary alicyclic amines) is 1. The molecule has 2 aromatic rings. The van der Waals surface area contributed by atoms with Crippen molar-refractivity contribution in [2.45, 2.75) is 32.7 Å². The van der Waals surface area contributed by atoms with Gasteiger partial charge in [0.1, 0.15) is 0 Å². The molecule has 0 aliphatic carbocycles. The summed E-state index contributed by atoms with van der Waals surface area (Å²) in [5.74, 6) is 0. The Morgan fingerprint density at radius 1 is 1.09 bits per heavy atom. The first kappa shape index (κ1) is 14.6. The number of carbonyl (C=O) groups excluding carboxylic acids is 1. The van der Waals surface area contributed by atoms with E-state index in [0.717, 1.165) is 30.6 Å². The standard InChI is InChI=1S/C19H22N2O/c1-14-9-11-16(12-10-14)18-8-5-13-21(18)19(22)20-17-7-4-3-6-15(17)2/h3-4,6-7,9-12,18H,5,8,13H2,1-2H3,(H,20,22)/t18-/m0/s1. The van der Waals surface area contributed by atoms with Crippen molar-refractivity contribution in [2.75, 3.05) is 11.9 Å². The second kappa shape index (κ2) is 6.22. The SMILES string of the molecule is Cc1ccc([C@@H]2CCCN2C(=O)Nc2ccccc2C)cc1. The number of amides is 2. The molecule has 2 aromatic carbocycles. The Hall–Kier alpha value is -2.29. The number of hydrogen-bond acceptors (Lipinski definition) is 1. The summed E-state index contributed by atoms with van der Waals surface area (Å²) in [6.07, 6.45) is 2.09. The molecule has 22 heavy (non-hydrogen) atoms. The van der Waals surface area contributed by atoms with Gasteiger partial charge in [0.2, 0.25) is 0 Å². The van der Waals surface area contributed by atoms with E-state index in [4.69, 9.17) is 0 Å². The highest BCUT2D eigenvalue weighted by Crippen LogP contribution is 2.32. The molecule has 3 heteroatoms. The first-order valence-electron chi connectivity index (χ1n) is 7.85. The summed E-state index contributed by atoms with van der Waals surface area (Å²) in [7, 11) is 0. The Morgan fingerprint density at radius 3 is 2.55 bits per heavy atom. The molecule has 1 aliphatic heterocycles. The van der Waals surface area contributed by atoms with E-state index in [9.17, 15) is 4.79 Å². The van der Waals surface area contributed by atoms with Crippen LogP contribution in [0.25, 0.3) is 0 Å². The third-order valence-corrected chi connectivity index (χ3v) is 4.36. The lowest BCUT2D eigenvalue weighted by atomic mass is 10.0. The van der Waals surface area contributed by atoms with Crippen molar-refractivity contribution in [1.29, 1.82) is 0 Å². The van der Waals surface area contributed by atoms with Crippen LogP contribution >= 0.6 is 0 Å². The molecular formula is C19H22N2O. The predicted octanol–water partition coefficient (Wildman–Crippen LogP) is 4.67. The van der Waals surface area contributed by atoms with E-state index in [1.807, 2.05) is 36.1 Å². The second-order valence-corrected chi connectivity index (χ2v) is 6.01. The zero-order valence-electron chi connectivity index (χ0n) is 13.2. The molecule has 2 amide bonds. The molecule has 1 aliphatic rings. The van der Waals surface area contributed by atoms with Crippen LogP contribution in [0.5, 0.6) is 0 Å². The normalized spacial score (nSPS) is 17.5. The molecule has 114 valence electrons. The van der Waals surface area contributed by atoms with Crippen LogP contribution in [0.4, 0.5) is 10.5 Å². The number of benzene rings is 2. The average Bonchev–Trinajstić information content (AvgIpc) is 3.00. The predicted molar refractivity (Wildman–Crippen MR) is 90.1 cm³/mol. The van der Waals surface area contributed by atoms with E-state index in [1.165, 1.54) is 11.1 Å². The van der Waals surface area contributed by atoms with E-state index in [1.54, 1.807) is 0 Å². The van der Waals surface area contributed by atoms with Gasteiger partial charge in [-0.05, 0) is 43.9 Å². The smallest absolute Gasteiger partial charge is 0.317 e. The minimum absolute atomic E-state index is 0.00243. The first-order valence-corrected chi connectivity index (χ1v) is 7.85. The van der Waals surface area contributed by atoms with E-state index in [2.05, 4.69) is 36.5 Å². The van der Waals surface area contributed by atoms with Gasteiger partial charge in [-0.1, -0.05) is 48.0 Å². The molecule has 1 heterocycles. The van der Waals surface area contributed by atoms with Crippen molar-refractivity contribution < 1.29 is 4.79 Å². The van der Waals surface area contributed by atoms with Gasteiger partial charge in [0, 0.05) is 12.2 Å². The number of anilines is 1. The van der Waals surface area contributed by atoms with Crippen LogP contribution < -0.4 is 5.32 Å². The summed E-state index contributed by atoms with van der Waals surface area (Å²) < 4.78 is 0. The fourth-order valence-corrected chi connectivity index (χ4v) is 3.05. The summed E-state index contributed by atoms with van der Waals surface area (Å²) in [5.41, 5.74) is 4.45. The number of aryl methyl sites for hydroxylation is 2. The maximum atomic E-state index is 12.6. The Bertz CT molecular complexity index is 663. The van der Waals surface area contributed by atoms with E-state index < -0.39 is 0 Å². The topological polar surface area (TPSA) is 32.3 Å². The van der Waals surface area contributed by atoms with E-state index in [-0.39, 0.29) is 12.1 Å². The molecule has 1 saturated heterocycles. The lowest BCUT2D eigenvalue weighted by Gasteiger charge is -2.26. The number of urea groups is 1. The quantitative estimate of drug-likeness (QED) is 0.857. The Labute approximate surface area is 132 Å². The summed E-state index contributed by atoms with van der Waals surface area (Å²) >= 11 is 0. The monoisotopic (exact) mass is 294 g/mol. The molecule has 1 N–H and O–H groups in total. The molecule has 0 spiro atoms. The van der Waals surface area contributed by atoms with Crippen LogP contribution in [0.15, 0.2) is 48.5 Å². The van der Waals surface area contributed by atoms with Crippen molar-refractivity contribution >= 4 is 11.7 Å². The van der Waals surface area contributed by atoms with Crippen molar-refractivity contribution in [2.24, 2.45) is 0 Å². The number of nitrogens with one attached hydrogen (secondary N) is 1. The molecule has 1 atom stereocenters. The van der Waals surface area contributed by atoms with Crippen LogP contribution in [0.2, 0.25) is 0 Å². The molecule has 3 rings (SSSR count). The van der Waals surface area contributed by atoms with Crippen molar-refractivity contribution in [1.82, 2.24) is 4.90 Å². The highest BCUT2D eigenvalue weighted by Gasteiger charge is 2.30. The molecule has 3 nitrogen and oxygen atoms in total. The maximum absolute atomic E-state index is 12.6. The van der Waals surface area contributed by atoms with Crippen molar-refractivity contribution in [3.05, 3.63) is 65.2 Å². The first-order chi connectivity index (χ1) is 10.6. The molecule has 0 saturated carbocycles. The highest BCUT2D eigenvalue weighted by molar-refractivity contribution is 5.90. The molecule has 0 bridgehead atoms. The van der Waals surface area contributed by atoms with Gasteiger partial charge in [-0.25, -0.2) is 4.79 Å². The lowest BCUT2D eigenvalue weighted by Crippen LogP contribution is -2.34. The average molecular weight is 294 g/mol. The minimum Gasteiger partial charge on any atom is -0.317 e. The molecule has 0 unspecified atom stereocenters. The van der Waals surface area contributed by atoms with Gasteiger partial charge in [-0.2, -0.15) is 0 Å². The van der Waals surface area contributed by atoms with Gasteiger partial charge in [-0.15, -0.1) is 0 Å². The Morgan fingerprint density at radius 2 is 1.82 bits per heavy atom. The largest absolute Gasteiger partial charge is 0.322 e. The van der Waals surface area contributed by atoms with Gasteiger partial charge in [-0.3, -0.25) is 0 Å². The summed E-state index contributed by atoms with van der Waals surface area (Å²) in [6.45, 7) is 4.91. The van der Waals surface area contributed by atoms with Crippen LogP contribution in [-0.4, -0.2) is 17.5 Å². The molecule has 0 aromatic heterocycles. The number of para-hydroxylation sites is 1. The van der Waals surface area contributed by atoms with E-state index >= 15 is 0 Å². The van der Waals surface area contributed by atoms with Gasteiger partial charge in [0.05, 0.1) is 6.04 Å². The third kappa shape index (κ3) is 2.98. The maximum Gasteiger partial charge on any atom is 0.322 e. The van der Waals surface area contributed by atoms with Gasteiger partial charge >= 0.3 is 6.03 Å². The fraction of sp³-hybridized carbons (Fsp3) is 0.316. The van der Waals surface area contributed by atoms with Gasteiger partial charge in [0.25, 0.3) is 0 Å². The second-order valence-electron chi connectivity index (χ2n) is 6.01. The van der Waals surface area contributed by atoms with E-state index in [0.29, 0.717) is 0 Å². The molecule has 0 radical (unpaired) electrons. The molecular weight excluding hydrogens is 272 g/mol. The third-order valence-electron chi connectivity index (χ3n) is 4.36. The lowest BCUT2D eigenvalue weighted by molar-refractivity contribution is 0.207. The van der Waals surface area contributed by atoms with Crippen LogP contribution in [0.1, 0.15) is 35.6 Å². The van der Waals surface area contributed by atoms with Crippen molar-refractivity contribution in [3.63, 3.8) is 0 Å². The zero-order valence-corrected chi connectivity index (χ0v) is 13.2. The zero-order chi connectivity index (χ0) is 15.5. The minimum atomic E-state index is -0.00243. The number of carbonyl (C=O) groups is 1. The Balaban J connectivity index is 1.76. The van der Waals surface area contributed by atoms with Crippen LogP contribution in [0, 0.1) is 13.8 Å². The summed E-state index contributed by atoms with van der Waals surface area (Å²) in [5, 5.41) is 3.05. The summed E-state index contributed by atoms with van der Waals surface area (Å²) in [4.78, 5) is 14.6. The summed E-state index contributed by atoms with van der Waals surface area (Å²) in [6, 6.07) is 16.6. The number of rotatable bonds is 2. The number of hydrogen-bond donors (Lipinski definition) is 1. The Kier molecular flexibility index (Phi) is 4.14. The van der Waals surface area contributed by atoms with Gasteiger partial charge in [0.15, 0.2) is 0 Å². The van der Waals surface area contributed by atoms with Crippen LogP contribution in [-0.2, 0) is 0 Å². The van der Waals surface area contributed by atoms with Gasteiger partial charge < -0.3 is 10.2 Å². The van der Waals surface area contributed by atoms with Crippen molar-refractivity contribution in [3.8, 4) is 0 Å². The number of nitrogens with zero attached hydrogens (tertiary/aromatic N) is 1. The highest BCUT2D eigenvalue weighted by atomic mass is 16.2. The van der Waals surface area contributed by atoms with Crippen LogP contribution in [0.3, 0.4) is 0 Å². The fourth-order valence-electron chi connectivity index (χ4n) is 3.05.